The van der Waals surface area contributed by atoms with Crippen LogP contribution in [0.4, 0.5) is 5.82 Å². The maximum absolute atomic E-state index is 11.1. The topological polar surface area (TPSA) is 70.2 Å². The van der Waals surface area contributed by atoms with Crippen molar-refractivity contribution in [3.05, 3.63) is 41.4 Å². The predicted molar refractivity (Wildman–Crippen MR) is 91.2 cm³/mol. The van der Waals surface area contributed by atoms with Gasteiger partial charge in [-0.3, -0.25) is 0 Å². The molecule has 0 radical (unpaired) electrons. The van der Waals surface area contributed by atoms with Gasteiger partial charge in [-0.2, -0.15) is 0 Å². The van der Waals surface area contributed by atoms with Crippen LogP contribution >= 0.6 is 0 Å². The SMILES string of the molecule is C=Cc1ncc([N+](=O)[O-])n1C[C@H](C=C)O[Si](C)(C)C(C)(C)C. The first-order valence-electron chi connectivity index (χ1n) is 7.16. The Bertz CT molecular complexity index is 573. The van der Waals surface area contributed by atoms with E-state index >= 15 is 0 Å². The Hall–Kier alpha value is -1.73. The van der Waals surface area contributed by atoms with Crippen LogP contribution in [0.15, 0.2) is 25.4 Å². The number of aromatic nitrogens is 2. The van der Waals surface area contributed by atoms with Crippen LogP contribution < -0.4 is 0 Å². The highest BCUT2D eigenvalue weighted by molar-refractivity contribution is 6.74. The number of hydrogen-bond donors (Lipinski definition) is 0. The molecule has 0 aliphatic rings. The van der Waals surface area contributed by atoms with Crippen molar-refractivity contribution in [2.24, 2.45) is 0 Å². The zero-order valence-electron chi connectivity index (χ0n) is 14.0. The maximum Gasteiger partial charge on any atom is 0.343 e. The third-order valence-electron chi connectivity index (χ3n) is 4.11. The molecule has 122 valence electrons. The highest BCUT2D eigenvalue weighted by Gasteiger charge is 2.39. The molecule has 0 aliphatic carbocycles. The summed E-state index contributed by atoms with van der Waals surface area (Å²) in [6.07, 6.45) is 4.12. The molecule has 0 N–H and O–H groups in total. The number of nitrogens with zero attached hydrogens (tertiary/aromatic N) is 3. The molecule has 6 nitrogen and oxygen atoms in total. The minimum Gasteiger partial charge on any atom is -0.407 e. The van der Waals surface area contributed by atoms with E-state index in [1.54, 1.807) is 6.08 Å². The third kappa shape index (κ3) is 3.92. The minimum atomic E-state index is -2.00. The van der Waals surface area contributed by atoms with Gasteiger partial charge in [-0.1, -0.05) is 33.4 Å². The van der Waals surface area contributed by atoms with Crippen LogP contribution in [0.25, 0.3) is 6.08 Å². The Labute approximate surface area is 132 Å². The molecular weight excluding hydrogens is 298 g/mol. The molecule has 0 aromatic carbocycles. The van der Waals surface area contributed by atoms with Crippen molar-refractivity contribution in [1.29, 1.82) is 0 Å². The second kappa shape index (κ2) is 6.58. The van der Waals surface area contributed by atoms with Gasteiger partial charge in [-0.15, -0.1) is 6.58 Å². The van der Waals surface area contributed by atoms with Crippen LogP contribution in [-0.4, -0.2) is 28.9 Å². The van der Waals surface area contributed by atoms with Gasteiger partial charge in [0.25, 0.3) is 0 Å². The summed E-state index contributed by atoms with van der Waals surface area (Å²) in [5.74, 6) is 0.387. The monoisotopic (exact) mass is 323 g/mol. The molecule has 0 unspecified atom stereocenters. The van der Waals surface area contributed by atoms with E-state index in [4.69, 9.17) is 4.43 Å². The zero-order chi connectivity index (χ0) is 17.1. The lowest BCUT2D eigenvalue weighted by atomic mass is 10.2. The Morgan fingerprint density at radius 1 is 1.50 bits per heavy atom. The normalized spacial score (nSPS) is 13.7. The van der Waals surface area contributed by atoms with Gasteiger partial charge < -0.3 is 14.5 Å². The van der Waals surface area contributed by atoms with E-state index < -0.39 is 13.2 Å². The van der Waals surface area contributed by atoms with Crippen molar-refractivity contribution in [3.8, 4) is 0 Å². The molecule has 1 heterocycles. The second-order valence-electron chi connectivity index (χ2n) is 6.70. The number of nitro groups is 1. The molecule has 0 fully saturated rings. The van der Waals surface area contributed by atoms with Gasteiger partial charge >= 0.3 is 5.82 Å². The van der Waals surface area contributed by atoms with E-state index in [-0.39, 0.29) is 17.0 Å². The lowest BCUT2D eigenvalue weighted by molar-refractivity contribution is -0.392. The molecule has 0 spiro atoms. The second-order valence-corrected chi connectivity index (χ2v) is 11.5. The molecule has 0 saturated heterocycles. The van der Waals surface area contributed by atoms with E-state index in [9.17, 15) is 10.1 Å². The standard InChI is InChI=1S/C15H25N3O3Si/c1-8-12(21-22(6,7)15(3,4)5)11-17-13(9-2)16-10-14(17)18(19)20/h8-10,12H,1-2,11H2,3-7H3/t12-/m0/s1. The molecule has 1 atom stereocenters. The van der Waals surface area contributed by atoms with E-state index in [0.717, 1.165) is 0 Å². The van der Waals surface area contributed by atoms with Gasteiger partial charge in [0.1, 0.15) is 18.8 Å². The smallest absolute Gasteiger partial charge is 0.343 e. The molecule has 0 bridgehead atoms. The summed E-state index contributed by atoms with van der Waals surface area (Å²) >= 11 is 0. The predicted octanol–water partition coefficient (Wildman–Crippen LogP) is 4.01. The fourth-order valence-electron chi connectivity index (χ4n) is 1.77. The van der Waals surface area contributed by atoms with Crippen LogP contribution in [0.2, 0.25) is 18.1 Å². The third-order valence-corrected chi connectivity index (χ3v) is 8.62. The molecule has 7 heteroatoms. The Morgan fingerprint density at radius 3 is 2.50 bits per heavy atom. The van der Waals surface area contributed by atoms with Crippen LogP contribution in [0.1, 0.15) is 26.6 Å². The Morgan fingerprint density at radius 2 is 2.09 bits per heavy atom. The highest BCUT2D eigenvalue weighted by Crippen LogP contribution is 2.37. The molecule has 0 aliphatic heterocycles. The highest BCUT2D eigenvalue weighted by atomic mass is 28.4. The van der Waals surface area contributed by atoms with E-state index in [1.165, 1.54) is 16.8 Å². The average molecular weight is 323 g/mol. The van der Waals surface area contributed by atoms with E-state index in [0.29, 0.717) is 12.4 Å². The lowest BCUT2D eigenvalue weighted by Crippen LogP contribution is -2.44. The first-order chi connectivity index (χ1) is 10.0. The van der Waals surface area contributed by atoms with Gasteiger partial charge in [-0.25, -0.2) is 9.55 Å². The average Bonchev–Trinajstić information content (AvgIpc) is 2.79. The Kier molecular flexibility index (Phi) is 5.48. The summed E-state index contributed by atoms with van der Waals surface area (Å²) in [4.78, 5) is 14.7. The van der Waals surface area contributed by atoms with Gasteiger partial charge in [0.2, 0.25) is 5.82 Å². The minimum absolute atomic E-state index is 0.0520. The molecule has 22 heavy (non-hydrogen) atoms. The summed E-state index contributed by atoms with van der Waals surface area (Å²) in [6, 6.07) is 0. The van der Waals surface area contributed by atoms with E-state index in [2.05, 4.69) is 52.0 Å². The molecule has 0 amide bonds. The van der Waals surface area contributed by atoms with Crippen molar-refractivity contribution in [1.82, 2.24) is 9.55 Å². The van der Waals surface area contributed by atoms with Gasteiger partial charge in [0, 0.05) is 0 Å². The fraction of sp³-hybridized carbons (Fsp3) is 0.533. The molecule has 1 rings (SSSR count). The van der Waals surface area contributed by atoms with Crippen molar-refractivity contribution < 1.29 is 9.35 Å². The molecular formula is C15H25N3O3Si. The molecule has 1 aromatic rings. The van der Waals surface area contributed by atoms with Crippen molar-refractivity contribution in [2.45, 2.75) is 51.6 Å². The summed E-state index contributed by atoms with van der Waals surface area (Å²) in [5.41, 5.74) is 0. The molecule has 0 saturated carbocycles. The van der Waals surface area contributed by atoms with Crippen LogP contribution in [0.3, 0.4) is 0 Å². The summed E-state index contributed by atoms with van der Waals surface area (Å²) in [5, 5.41) is 11.2. The maximum atomic E-state index is 11.1. The number of rotatable bonds is 7. The first kappa shape index (κ1) is 18.3. The van der Waals surface area contributed by atoms with Crippen LogP contribution in [0, 0.1) is 10.1 Å². The number of hydrogen-bond acceptors (Lipinski definition) is 4. The molecule has 1 aromatic heterocycles. The Balaban J connectivity index is 3.06. The van der Waals surface area contributed by atoms with Gasteiger partial charge in [0.15, 0.2) is 8.32 Å². The van der Waals surface area contributed by atoms with Gasteiger partial charge in [-0.05, 0) is 29.1 Å². The van der Waals surface area contributed by atoms with Crippen molar-refractivity contribution in [3.63, 3.8) is 0 Å². The first-order valence-corrected chi connectivity index (χ1v) is 10.1. The van der Waals surface area contributed by atoms with E-state index in [1.807, 2.05) is 0 Å². The van der Waals surface area contributed by atoms with Crippen molar-refractivity contribution >= 4 is 20.2 Å². The zero-order valence-corrected chi connectivity index (χ0v) is 15.0. The van der Waals surface area contributed by atoms with Crippen LogP contribution in [0.5, 0.6) is 0 Å². The number of imidazole rings is 1. The lowest BCUT2D eigenvalue weighted by Gasteiger charge is -2.38. The fourth-order valence-corrected chi connectivity index (χ4v) is 3.05. The summed E-state index contributed by atoms with van der Waals surface area (Å²) < 4.78 is 7.78. The largest absolute Gasteiger partial charge is 0.407 e. The quantitative estimate of drug-likeness (QED) is 0.329. The van der Waals surface area contributed by atoms with Crippen molar-refractivity contribution in [2.75, 3.05) is 0 Å². The summed E-state index contributed by atoms with van der Waals surface area (Å²) in [6.45, 7) is 18.5. The summed E-state index contributed by atoms with van der Waals surface area (Å²) in [7, 11) is -2.00. The van der Waals surface area contributed by atoms with Gasteiger partial charge in [0.05, 0.1) is 0 Å². The van der Waals surface area contributed by atoms with Crippen LogP contribution in [-0.2, 0) is 11.0 Å².